The second kappa shape index (κ2) is 5.85. The quantitative estimate of drug-likeness (QED) is 0.725. The zero-order valence-electron chi connectivity index (χ0n) is 10.6. The minimum absolute atomic E-state index is 0.838. The summed E-state index contributed by atoms with van der Waals surface area (Å²) in [6.07, 6.45) is 7.47. The maximum absolute atomic E-state index is 11.1. The molecule has 0 unspecified atom stereocenters. The van der Waals surface area contributed by atoms with Gasteiger partial charge in [0.2, 0.25) is 0 Å². The lowest BCUT2D eigenvalue weighted by atomic mass is 10.1. The Bertz CT molecular complexity index is 379. The highest BCUT2D eigenvalue weighted by Crippen LogP contribution is 2.23. The van der Waals surface area contributed by atoms with Crippen molar-refractivity contribution < 1.29 is 4.79 Å². The van der Waals surface area contributed by atoms with Crippen molar-refractivity contribution in [3.63, 3.8) is 0 Å². The molecule has 1 aliphatic heterocycles. The number of aryl methyl sites for hydroxylation is 1. The number of rotatable bonds is 2. The van der Waals surface area contributed by atoms with Gasteiger partial charge >= 0.3 is 0 Å². The Labute approximate surface area is 104 Å². The fraction of sp³-hybridized carbons (Fsp3) is 0.533. The highest BCUT2D eigenvalue weighted by atomic mass is 16.1. The van der Waals surface area contributed by atoms with Crippen LogP contribution in [0.3, 0.4) is 0 Å². The van der Waals surface area contributed by atoms with Gasteiger partial charge in [-0.25, -0.2) is 0 Å². The molecule has 0 amide bonds. The van der Waals surface area contributed by atoms with Crippen molar-refractivity contribution in [3.8, 4) is 0 Å². The van der Waals surface area contributed by atoms with E-state index in [2.05, 4.69) is 17.0 Å². The number of carbonyl (C=O) groups excluding carboxylic acids is 1. The Morgan fingerprint density at radius 2 is 1.71 bits per heavy atom. The van der Waals surface area contributed by atoms with Crippen LogP contribution < -0.4 is 4.90 Å². The Morgan fingerprint density at radius 3 is 2.35 bits per heavy atom. The summed E-state index contributed by atoms with van der Waals surface area (Å²) in [7, 11) is 0. The first-order chi connectivity index (χ1) is 8.31. The van der Waals surface area contributed by atoms with Crippen LogP contribution in [0.1, 0.15) is 48.0 Å². The van der Waals surface area contributed by atoms with E-state index in [9.17, 15) is 4.79 Å². The lowest BCUT2D eigenvalue weighted by molar-refractivity contribution is 0.112. The number of anilines is 1. The summed E-state index contributed by atoms with van der Waals surface area (Å²) < 4.78 is 0. The Morgan fingerprint density at radius 1 is 1.06 bits per heavy atom. The van der Waals surface area contributed by atoms with Gasteiger partial charge in [-0.15, -0.1) is 0 Å². The SMILES string of the molecule is Cc1ccc(N2CCCCCCC2)c(C=O)c1. The van der Waals surface area contributed by atoms with Crippen LogP contribution in [0.2, 0.25) is 0 Å². The van der Waals surface area contributed by atoms with E-state index in [1.807, 2.05) is 13.0 Å². The van der Waals surface area contributed by atoms with Crippen LogP contribution in [0.5, 0.6) is 0 Å². The van der Waals surface area contributed by atoms with Crippen LogP contribution in [0, 0.1) is 6.92 Å². The average Bonchev–Trinajstić information content (AvgIpc) is 2.29. The molecule has 0 bridgehead atoms. The molecule has 1 saturated heterocycles. The molecule has 1 aliphatic rings. The van der Waals surface area contributed by atoms with E-state index >= 15 is 0 Å². The Kier molecular flexibility index (Phi) is 4.18. The van der Waals surface area contributed by atoms with Crippen LogP contribution >= 0.6 is 0 Å². The number of carbonyl (C=O) groups is 1. The lowest BCUT2D eigenvalue weighted by Gasteiger charge is -2.28. The molecule has 0 saturated carbocycles. The second-order valence-electron chi connectivity index (χ2n) is 4.93. The zero-order chi connectivity index (χ0) is 12.1. The van der Waals surface area contributed by atoms with Crippen molar-refractivity contribution in [2.45, 2.75) is 39.0 Å². The molecule has 0 N–H and O–H groups in total. The van der Waals surface area contributed by atoms with E-state index in [1.54, 1.807) is 0 Å². The third-order valence-corrected chi connectivity index (χ3v) is 3.51. The van der Waals surface area contributed by atoms with E-state index in [-0.39, 0.29) is 0 Å². The predicted molar refractivity (Wildman–Crippen MR) is 71.9 cm³/mol. The van der Waals surface area contributed by atoms with Crippen LogP contribution in [0.4, 0.5) is 5.69 Å². The van der Waals surface area contributed by atoms with Gasteiger partial charge in [-0.1, -0.05) is 30.9 Å². The van der Waals surface area contributed by atoms with E-state index < -0.39 is 0 Å². The molecule has 1 heterocycles. The molecule has 2 rings (SSSR count). The monoisotopic (exact) mass is 231 g/mol. The zero-order valence-corrected chi connectivity index (χ0v) is 10.6. The normalized spacial score (nSPS) is 17.4. The fourth-order valence-corrected chi connectivity index (χ4v) is 2.54. The number of aldehydes is 1. The number of benzene rings is 1. The summed E-state index contributed by atoms with van der Waals surface area (Å²) >= 11 is 0. The van der Waals surface area contributed by atoms with Gasteiger partial charge < -0.3 is 4.90 Å². The predicted octanol–water partition coefficient (Wildman–Crippen LogP) is 3.58. The van der Waals surface area contributed by atoms with Gasteiger partial charge in [0.15, 0.2) is 6.29 Å². The first kappa shape index (κ1) is 12.2. The molecule has 0 aromatic heterocycles. The van der Waals surface area contributed by atoms with Crippen LogP contribution in [0.25, 0.3) is 0 Å². The highest BCUT2D eigenvalue weighted by molar-refractivity contribution is 5.85. The van der Waals surface area contributed by atoms with Gasteiger partial charge in [-0.3, -0.25) is 4.79 Å². The van der Waals surface area contributed by atoms with Crippen molar-refractivity contribution in [2.75, 3.05) is 18.0 Å². The Balaban J connectivity index is 2.21. The third-order valence-electron chi connectivity index (χ3n) is 3.51. The molecule has 2 heteroatoms. The first-order valence-corrected chi connectivity index (χ1v) is 6.62. The smallest absolute Gasteiger partial charge is 0.152 e. The molecule has 0 spiro atoms. The van der Waals surface area contributed by atoms with Gasteiger partial charge in [0.05, 0.1) is 0 Å². The van der Waals surface area contributed by atoms with Gasteiger partial charge in [0.1, 0.15) is 0 Å². The molecule has 92 valence electrons. The van der Waals surface area contributed by atoms with E-state index in [4.69, 9.17) is 0 Å². The van der Waals surface area contributed by atoms with E-state index in [0.717, 1.165) is 36.2 Å². The van der Waals surface area contributed by atoms with E-state index in [0.29, 0.717) is 0 Å². The molecule has 1 aromatic carbocycles. The number of nitrogens with zero attached hydrogens (tertiary/aromatic N) is 1. The third kappa shape index (κ3) is 3.09. The summed E-state index contributed by atoms with van der Waals surface area (Å²) in [6, 6.07) is 6.18. The maximum atomic E-state index is 11.1. The van der Waals surface area contributed by atoms with Gasteiger partial charge in [-0.05, 0) is 31.9 Å². The Hall–Kier alpha value is -1.31. The van der Waals surface area contributed by atoms with Crippen molar-refractivity contribution in [1.82, 2.24) is 0 Å². The first-order valence-electron chi connectivity index (χ1n) is 6.62. The second-order valence-corrected chi connectivity index (χ2v) is 4.93. The summed E-state index contributed by atoms with van der Waals surface area (Å²) in [5, 5.41) is 0. The molecule has 0 atom stereocenters. The standard InChI is InChI=1S/C15H21NO/c1-13-7-8-15(14(11-13)12-17)16-9-5-3-2-4-6-10-16/h7-8,11-12H,2-6,9-10H2,1H3. The van der Waals surface area contributed by atoms with Crippen molar-refractivity contribution in [2.24, 2.45) is 0 Å². The summed E-state index contributed by atoms with van der Waals surface area (Å²) in [4.78, 5) is 13.5. The lowest BCUT2D eigenvalue weighted by Crippen LogP contribution is -2.27. The summed E-state index contributed by atoms with van der Waals surface area (Å²) in [5.41, 5.74) is 3.11. The maximum Gasteiger partial charge on any atom is 0.152 e. The van der Waals surface area contributed by atoms with Crippen molar-refractivity contribution >= 4 is 12.0 Å². The van der Waals surface area contributed by atoms with Gasteiger partial charge in [0.25, 0.3) is 0 Å². The molecular weight excluding hydrogens is 210 g/mol. The number of hydrogen-bond acceptors (Lipinski definition) is 2. The molecular formula is C15H21NO. The fourth-order valence-electron chi connectivity index (χ4n) is 2.54. The van der Waals surface area contributed by atoms with Crippen LogP contribution in [0.15, 0.2) is 18.2 Å². The summed E-state index contributed by atoms with van der Waals surface area (Å²) in [5.74, 6) is 0. The molecule has 2 nitrogen and oxygen atoms in total. The number of hydrogen-bond donors (Lipinski definition) is 0. The van der Waals surface area contributed by atoms with Crippen LogP contribution in [-0.2, 0) is 0 Å². The summed E-state index contributed by atoms with van der Waals surface area (Å²) in [6.45, 7) is 4.21. The molecule has 1 aromatic rings. The molecule has 0 aliphatic carbocycles. The highest BCUT2D eigenvalue weighted by Gasteiger charge is 2.12. The van der Waals surface area contributed by atoms with Crippen molar-refractivity contribution in [3.05, 3.63) is 29.3 Å². The van der Waals surface area contributed by atoms with Gasteiger partial charge in [0, 0.05) is 24.3 Å². The molecule has 0 radical (unpaired) electrons. The molecule has 17 heavy (non-hydrogen) atoms. The average molecular weight is 231 g/mol. The van der Waals surface area contributed by atoms with E-state index in [1.165, 1.54) is 32.1 Å². The van der Waals surface area contributed by atoms with Crippen molar-refractivity contribution in [1.29, 1.82) is 0 Å². The molecule has 1 fully saturated rings. The largest absolute Gasteiger partial charge is 0.371 e. The van der Waals surface area contributed by atoms with Gasteiger partial charge in [-0.2, -0.15) is 0 Å². The minimum Gasteiger partial charge on any atom is -0.371 e. The topological polar surface area (TPSA) is 20.3 Å². The van der Waals surface area contributed by atoms with Crippen LogP contribution in [-0.4, -0.2) is 19.4 Å². The minimum atomic E-state index is 0.838.